The van der Waals surface area contributed by atoms with Crippen molar-refractivity contribution >= 4 is 12.4 Å². The molecule has 0 aliphatic rings. The van der Waals surface area contributed by atoms with E-state index in [0.717, 1.165) is 17.7 Å². The van der Waals surface area contributed by atoms with Crippen molar-refractivity contribution in [3.63, 3.8) is 0 Å². The van der Waals surface area contributed by atoms with Crippen molar-refractivity contribution in [1.82, 2.24) is 10.2 Å². The Kier molecular flexibility index (Phi) is 4.81. The summed E-state index contributed by atoms with van der Waals surface area (Å²) in [4.78, 5) is 0. The average molecular weight is 250 g/mol. The summed E-state index contributed by atoms with van der Waals surface area (Å²) < 4.78 is 36.9. The molecule has 0 spiro atoms. The van der Waals surface area contributed by atoms with Crippen LogP contribution >= 0.6 is 0 Å². The van der Waals surface area contributed by atoms with Crippen LogP contribution < -0.4 is 56.8 Å². The van der Waals surface area contributed by atoms with Gasteiger partial charge in [-0.25, -0.2) is 0 Å². The van der Waals surface area contributed by atoms with Crippen molar-refractivity contribution in [2.45, 2.75) is 0 Å². The fourth-order valence-electron chi connectivity index (χ4n) is 1.30. The molecule has 2 nitrogen and oxygen atoms in total. The number of halogens is 3. The minimum absolute atomic E-state index is 0. The first-order valence-electron chi connectivity index (χ1n) is 4.36. The Morgan fingerprint density at radius 2 is 1.62 bits per heavy atom. The van der Waals surface area contributed by atoms with Gasteiger partial charge in [0.1, 0.15) is 0 Å². The van der Waals surface area contributed by atoms with Gasteiger partial charge in [-0.1, -0.05) is 24.3 Å². The third-order valence-corrected chi connectivity index (χ3v) is 2.12. The molecular weight excluding hydrogens is 243 g/mol. The van der Waals surface area contributed by atoms with Gasteiger partial charge in [-0.2, -0.15) is 5.10 Å². The fourth-order valence-corrected chi connectivity index (χ4v) is 1.30. The van der Waals surface area contributed by atoms with E-state index < -0.39 is 12.4 Å². The van der Waals surface area contributed by atoms with Crippen LogP contribution in [0.1, 0.15) is 0 Å². The summed E-state index contributed by atoms with van der Waals surface area (Å²) in [5.74, 6) is 0. The second-order valence-corrected chi connectivity index (χ2v) is 3.18. The molecule has 1 heterocycles. The second kappa shape index (κ2) is 5.50. The zero-order valence-electron chi connectivity index (χ0n) is 8.62. The number of nitrogens with one attached hydrogen (secondary N) is 1. The Hall–Kier alpha value is -0.0787. The monoisotopic (exact) mass is 250 g/mol. The van der Waals surface area contributed by atoms with Gasteiger partial charge in [0, 0.05) is 11.8 Å². The molecule has 1 aromatic heterocycles. The number of hydrogen-bond acceptors (Lipinski definition) is 1. The molecule has 0 fully saturated rings. The molecule has 1 N–H and O–H groups in total. The molecule has 7 heteroatoms. The summed E-state index contributed by atoms with van der Waals surface area (Å²) in [6.45, 7) is -4.90. The molecule has 16 heavy (non-hydrogen) atoms. The van der Waals surface area contributed by atoms with Crippen LogP contribution in [0.25, 0.3) is 11.1 Å². The molecule has 2 rings (SSSR count). The van der Waals surface area contributed by atoms with E-state index in [1.54, 1.807) is 12.4 Å². The Balaban J connectivity index is 0.00000128. The van der Waals surface area contributed by atoms with E-state index >= 15 is 0 Å². The molecule has 0 saturated heterocycles. The number of nitrogens with zero attached hydrogens (tertiary/aromatic N) is 1. The SMILES string of the molecule is F[B-](F)(F)c1ccc(-c2cn[nH]c2)cc1.[K+]. The van der Waals surface area contributed by atoms with Gasteiger partial charge in [0.05, 0.1) is 6.20 Å². The topological polar surface area (TPSA) is 28.7 Å². The van der Waals surface area contributed by atoms with E-state index in [-0.39, 0.29) is 51.4 Å². The second-order valence-electron chi connectivity index (χ2n) is 3.18. The molecule has 0 radical (unpaired) electrons. The fraction of sp³-hybridized carbons (Fsp3) is 0. The van der Waals surface area contributed by atoms with Gasteiger partial charge in [-0.15, -0.1) is 5.46 Å². The molecule has 2 aromatic rings. The van der Waals surface area contributed by atoms with Gasteiger partial charge in [-0.05, 0) is 5.56 Å². The van der Waals surface area contributed by atoms with E-state index in [2.05, 4.69) is 10.2 Å². The first-order chi connectivity index (χ1) is 7.07. The summed E-state index contributed by atoms with van der Waals surface area (Å²) in [5.41, 5.74) is 0.908. The normalized spacial score (nSPS) is 10.9. The number of benzene rings is 1. The van der Waals surface area contributed by atoms with Crippen LogP contribution in [0.15, 0.2) is 36.7 Å². The number of H-pyrrole nitrogens is 1. The van der Waals surface area contributed by atoms with Gasteiger partial charge in [-0.3, -0.25) is 5.10 Å². The maximum atomic E-state index is 12.3. The van der Waals surface area contributed by atoms with Crippen LogP contribution in [-0.2, 0) is 0 Å². The van der Waals surface area contributed by atoms with E-state index in [0.29, 0.717) is 5.56 Å². The van der Waals surface area contributed by atoms with Crippen molar-refractivity contribution < 1.29 is 64.3 Å². The van der Waals surface area contributed by atoms with E-state index in [1.807, 2.05) is 0 Å². The number of hydrogen-bond donors (Lipinski definition) is 1. The number of rotatable bonds is 2. The summed E-state index contributed by atoms with van der Waals surface area (Å²) in [6, 6.07) is 5.05. The predicted octanol–water partition coefficient (Wildman–Crippen LogP) is -0.865. The Morgan fingerprint density at radius 3 is 2.06 bits per heavy atom. The Labute approximate surface area is 133 Å². The predicted molar refractivity (Wildman–Crippen MR) is 52.7 cm³/mol. The first-order valence-corrected chi connectivity index (χ1v) is 4.36. The van der Waals surface area contributed by atoms with Crippen LogP contribution in [0.2, 0.25) is 0 Å². The zero-order valence-corrected chi connectivity index (χ0v) is 11.7. The minimum atomic E-state index is -4.90. The van der Waals surface area contributed by atoms with Crippen LogP contribution in [-0.4, -0.2) is 17.2 Å². The van der Waals surface area contributed by atoms with Crippen LogP contribution in [0.4, 0.5) is 12.9 Å². The molecule has 0 saturated carbocycles. The molecule has 1 aromatic carbocycles. The third kappa shape index (κ3) is 3.21. The molecule has 0 bridgehead atoms. The van der Waals surface area contributed by atoms with Crippen molar-refractivity contribution in [1.29, 1.82) is 0 Å². The van der Waals surface area contributed by atoms with Crippen molar-refractivity contribution in [2.75, 3.05) is 0 Å². The molecule has 78 valence electrons. The molecule has 0 aliphatic heterocycles. The van der Waals surface area contributed by atoms with Gasteiger partial charge >= 0.3 is 58.4 Å². The third-order valence-electron chi connectivity index (χ3n) is 2.12. The smallest absolute Gasteiger partial charge is 0.445 e. The summed E-state index contributed by atoms with van der Waals surface area (Å²) in [6.07, 6.45) is 3.20. The Morgan fingerprint density at radius 1 is 1.00 bits per heavy atom. The van der Waals surface area contributed by atoms with Crippen molar-refractivity contribution in [2.24, 2.45) is 0 Å². The summed E-state index contributed by atoms with van der Waals surface area (Å²) >= 11 is 0. The van der Waals surface area contributed by atoms with Gasteiger partial charge in [0.25, 0.3) is 0 Å². The van der Waals surface area contributed by atoms with Crippen LogP contribution in [0.3, 0.4) is 0 Å². The zero-order chi connectivity index (χ0) is 10.9. The number of aromatic amines is 1. The molecule has 0 unspecified atom stereocenters. The minimum Gasteiger partial charge on any atom is -0.445 e. The number of aromatic nitrogens is 2. The van der Waals surface area contributed by atoms with Crippen molar-refractivity contribution in [3.8, 4) is 11.1 Å². The average Bonchev–Trinajstić information content (AvgIpc) is 2.69. The summed E-state index contributed by atoms with van der Waals surface area (Å²) in [5, 5.41) is 6.33. The van der Waals surface area contributed by atoms with Crippen molar-refractivity contribution in [3.05, 3.63) is 36.7 Å². The maximum Gasteiger partial charge on any atom is 1.00 e. The molecule has 0 aliphatic carbocycles. The first kappa shape index (κ1) is 14.0. The van der Waals surface area contributed by atoms with Crippen LogP contribution in [0.5, 0.6) is 0 Å². The van der Waals surface area contributed by atoms with E-state index in [1.165, 1.54) is 12.1 Å². The van der Waals surface area contributed by atoms with Gasteiger partial charge < -0.3 is 12.9 Å². The standard InChI is InChI=1S/C9H7BF3N2.K/c11-10(12,13)9-3-1-7(2-4-9)8-5-14-15-6-8;/h1-6H,(H,14,15);/q-1;+1. The van der Waals surface area contributed by atoms with Gasteiger partial charge in [0.2, 0.25) is 0 Å². The summed E-state index contributed by atoms with van der Waals surface area (Å²) in [7, 11) is 0. The van der Waals surface area contributed by atoms with Gasteiger partial charge in [0.15, 0.2) is 0 Å². The quantitative estimate of drug-likeness (QED) is 0.690. The maximum absolute atomic E-state index is 12.3. The molecule has 0 atom stereocenters. The van der Waals surface area contributed by atoms with E-state index in [9.17, 15) is 12.9 Å². The van der Waals surface area contributed by atoms with E-state index in [4.69, 9.17) is 0 Å². The molecular formula is C9H7BF3KN2. The van der Waals surface area contributed by atoms with Crippen LogP contribution in [0, 0.1) is 0 Å². The molecule has 0 amide bonds. The Bertz CT molecular complexity index is 439. The largest absolute Gasteiger partial charge is 1.00 e.